The highest BCUT2D eigenvalue weighted by Gasteiger charge is 2.43. The molecule has 0 heterocycles. The maximum Gasteiger partial charge on any atom is 0.140 e. The second-order valence-corrected chi connectivity index (χ2v) is 4.89. The summed E-state index contributed by atoms with van der Waals surface area (Å²) >= 11 is 0. The first kappa shape index (κ1) is 8.98. The van der Waals surface area contributed by atoms with Crippen LogP contribution in [-0.2, 0) is 4.79 Å². The van der Waals surface area contributed by atoms with Crippen LogP contribution >= 0.6 is 0 Å². The Hall–Kier alpha value is -0.590. The zero-order valence-corrected chi connectivity index (χ0v) is 8.60. The van der Waals surface area contributed by atoms with Gasteiger partial charge in [0.15, 0.2) is 0 Å². The fraction of sp³-hybridized carbons (Fsp3) is 0.750. The highest BCUT2D eigenvalue weighted by Crippen LogP contribution is 2.48. The molecular weight excluding hydrogens is 160 g/mol. The smallest absolute Gasteiger partial charge is 0.140 e. The van der Waals surface area contributed by atoms with Gasteiger partial charge in [-0.1, -0.05) is 18.6 Å². The van der Waals surface area contributed by atoms with Crippen LogP contribution in [0.4, 0.5) is 0 Å². The van der Waals surface area contributed by atoms with E-state index < -0.39 is 0 Å². The van der Waals surface area contributed by atoms with Crippen LogP contribution in [0.3, 0.4) is 0 Å². The summed E-state index contributed by atoms with van der Waals surface area (Å²) in [4.78, 5) is 11.8. The van der Waals surface area contributed by atoms with Crippen LogP contribution in [0.1, 0.15) is 46.0 Å². The molecule has 0 bridgehead atoms. The van der Waals surface area contributed by atoms with Gasteiger partial charge in [-0.15, -0.1) is 0 Å². The number of carbonyl (C=O) groups excluding carboxylic acids is 1. The lowest BCUT2D eigenvalue weighted by atomic mass is 9.60. The Balaban J connectivity index is 2.34. The highest BCUT2D eigenvalue weighted by molar-refractivity contribution is 5.85. The van der Waals surface area contributed by atoms with Gasteiger partial charge in [-0.05, 0) is 38.0 Å². The van der Waals surface area contributed by atoms with Gasteiger partial charge >= 0.3 is 0 Å². The Morgan fingerprint density at radius 2 is 2.23 bits per heavy atom. The van der Waals surface area contributed by atoms with Crippen molar-refractivity contribution in [2.75, 3.05) is 0 Å². The fourth-order valence-corrected chi connectivity index (χ4v) is 3.16. The van der Waals surface area contributed by atoms with E-state index in [0.717, 1.165) is 12.8 Å². The van der Waals surface area contributed by atoms with E-state index in [4.69, 9.17) is 0 Å². The predicted molar refractivity (Wildman–Crippen MR) is 53.4 cm³/mol. The van der Waals surface area contributed by atoms with Crippen molar-refractivity contribution in [3.05, 3.63) is 11.6 Å². The lowest BCUT2D eigenvalue weighted by Crippen LogP contribution is -2.39. The topological polar surface area (TPSA) is 17.1 Å². The van der Waals surface area contributed by atoms with Crippen LogP contribution in [-0.4, -0.2) is 5.78 Å². The molecule has 1 heteroatoms. The first-order chi connectivity index (χ1) is 6.13. The summed E-state index contributed by atoms with van der Waals surface area (Å²) in [6.45, 7) is 4.43. The highest BCUT2D eigenvalue weighted by atomic mass is 16.1. The van der Waals surface area contributed by atoms with Crippen LogP contribution < -0.4 is 0 Å². The molecule has 0 N–H and O–H groups in total. The Morgan fingerprint density at radius 3 is 2.92 bits per heavy atom. The van der Waals surface area contributed by atoms with Gasteiger partial charge in [0.05, 0.1) is 0 Å². The maximum absolute atomic E-state index is 11.8. The third-order valence-corrected chi connectivity index (χ3v) is 3.83. The lowest BCUT2D eigenvalue weighted by Gasteiger charge is -2.43. The number of carbonyl (C=O) groups is 1. The second-order valence-electron chi connectivity index (χ2n) is 4.89. The summed E-state index contributed by atoms with van der Waals surface area (Å²) in [7, 11) is 0. The number of hydrogen-bond acceptors (Lipinski definition) is 1. The van der Waals surface area contributed by atoms with Crippen LogP contribution in [0.2, 0.25) is 0 Å². The zero-order valence-electron chi connectivity index (χ0n) is 8.60. The van der Waals surface area contributed by atoms with Crippen LogP contribution in [0.25, 0.3) is 0 Å². The van der Waals surface area contributed by atoms with Crippen molar-refractivity contribution < 1.29 is 4.79 Å². The molecule has 0 aromatic rings. The van der Waals surface area contributed by atoms with Crippen molar-refractivity contribution in [3.8, 4) is 0 Å². The van der Waals surface area contributed by atoms with Gasteiger partial charge in [-0.2, -0.15) is 0 Å². The van der Waals surface area contributed by atoms with Gasteiger partial charge in [-0.3, -0.25) is 4.79 Å². The summed E-state index contributed by atoms with van der Waals surface area (Å²) in [5.41, 5.74) is 1.63. The van der Waals surface area contributed by atoms with Crippen LogP contribution in [0, 0.1) is 11.3 Å². The normalized spacial score (nSPS) is 39.7. The molecule has 2 aliphatic rings. The molecule has 0 aliphatic heterocycles. The summed E-state index contributed by atoms with van der Waals surface area (Å²) < 4.78 is 0. The Bertz CT molecular complexity index is 264. The van der Waals surface area contributed by atoms with Crippen molar-refractivity contribution in [1.82, 2.24) is 0 Å². The lowest BCUT2D eigenvalue weighted by molar-refractivity contribution is -0.128. The molecule has 2 rings (SSSR count). The molecule has 2 atom stereocenters. The summed E-state index contributed by atoms with van der Waals surface area (Å²) in [6.07, 6.45) is 7.81. The van der Waals surface area contributed by atoms with E-state index in [9.17, 15) is 4.79 Å². The molecule has 2 aliphatic carbocycles. The van der Waals surface area contributed by atoms with Crippen LogP contribution in [0.15, 0.2) is 11.6 Å². The minimum Gasteiger partial charge on any atom is -0.299 e. The van der Waals surface area contributed by atoms with Gasteiger partial charge in [0.25, 0.3) is 0 Å². The minimum absolute atomic E-state index is 0.259. The fourth-order valence-electron chi connectivity index (χ4n) is 3.16. The van der Waals surface area contributed by atoms with E-state index in [1.807, 2.05) is 0 Å². The zero-order chi connectivity index (χ0) is 9.47. The maximum atomic E-state index is 11.8. The van der Waals surface area contributed by atoms with Crippen molar-refractivity contribution in [1.29, 1.82) is 0 Å². The molecule has 72 valence electrons. The van der Waals surface area contributed by atoms with Crippen LogP contribution in [0.5, 0.6) is 0 Å². The van der Waals surface area contributed by atoms with Gasteiger partial charge in [-0.25, -0.2) is 0 Å². The van der Waals surface area contributed by atoms with Crippen molar-refractivity contribution in [2.45, 2.75) is 46.0 Å². The average Bonchev–Trinajstić information content (AvgIpc) is 2.02. The van der Waals surface area contributed by atoms with Crippen molar-refractivity contribution in [2.24, 2.45) is 11.3 Å². The Morgan fingerprint density at radius 1 is 1.46 bits per heavy atom. The second kappa shape index (κ2) is 2.97. The molecule has 1 nitrogen and oxygen atoms in total. The molecule has 13 heavy (non-hydrogen) atoms. The van der Waals surface area contributed by atoms with Gasteiger partial charge in [0, 0.05) is 12.3 Å². The average molecular weight is 178 g/mol. The van der Waals surface area contributed by atoms with E-state index in [1.54, 1.807) is 0 Å². The number of ketones is 1. The van der Waals surface area contributed by atoms with E-state index in [-0.39, 0.29) is 5.92 Å². The SMILES string of the molecule is CC1=CCC[C@]2(C)CCCC(=O)[C@H]12. The molecule has 0 spiro atoms. The molecule has 1 saturated carbocycles. The number of hydrogen-bond donors (Lipinski definition) is 0. The standard InChI is InChI=1S/C12H18O/c1-9-5-3-7-12(2)8-4-6-10(13)11(9)12/h5,11H,3-4,6-8H2,1-2H3/t11-,12+/m0/s1. The summed E-state index contributed by atoms with van der Waals surface area (Å²) in [5.74, 6) is 0.747. The van der Waals surface area contributed by atoms with Gasteiger partial charge in [0.1, 0.15) is 5.78 Å². The molecule has 0 saturated heterocycles. The number of Topliss-reactive ketones (excluding diaryl/α,β-unsaturated/α-hetero) is 1. The largest absolute Gasteiger partial charge is 0.299 e. The molecule has 0 aromatic heterocycles. The Labute approximate surface area is 80.2 Å². The molecule has 0 aromatic carbocycles. The summed E-state index contributed by atoms with van der Waals surface area (Å²) in [5, 5.41) is 0. The van der Waals surface area contributed by atoms with Crippen molar-refractivity contribution >= 4 is 5.78 Å². The quantitative estimate of drug-likeness (QED) is 0.521. The molecule has 1 fully saturated rings. The predicted octanol–water partition coefficient (Wildman–Crippen LogP) is 3.10. The number of allylic oxidation sites excluding steroid dienone is 2. The van der Waals surface area contributed by atoms with E-state index in [1.165, 1.54) is 24.8 Å². The van der Waals surface area contributed by atoms with E-state index >= 15 is 0 Å². The molecule has 0 radical (unpaired) electrons. The van der Waals surface area contributed by atoms with E-state index in [2.05, 4.69) is 19.9 Å². The third-order valence-electron chi connectivity index (χ3n) is 3.83. The number of rotatable bonds is 0. The summed E-state index contributed by atoms with van der Waals surface area (Å²) in [6, 6.07) is 0. The molecule has 0 amide bonds. The van der Waals surface area contributed by atoms with Gasteiger partial charge in [0.2, 0.25) is 0 Å². The first-order valence-corrected chi connectivity index (χ1v) is 5.33. The first-order valence-electron chi connectivity index (χ1n) is 5.33. The monoisotopic (exact) mass is 178 g/mol. The number of fused-ring (bicyclic) bond motifs is 1. The van der Waals surface area contributed by atoms with Crippen molar-refractivity contribution in [3.63, 3.8) is 0 Å². The molecular formula is C12H18O. The Kier molecular flexibility index (Phi) is 2.05. The third kappa shape index (κ3) is 1.34. The molecule has 0 unspecified atom stereocenters. The minimum atomic E-state index is 0.259. The van der Waals surface area contributed by atoms with Gasteiger partial charge < -0.3 is 0 Å². The van der Waals surface area contributed by atoms with E-state index in [0.29, 0.717) is 11.2 Å².